The summed E-state index contributed by atoms with van der Waals surface area (Å²) in [5.74, 6) is -0.626. The summed E-state index contributed by atoms with van der Waals surface area (Å²) in [7, 11) is 3.19. The van der Waals surface area contributed by atoms with Crippen molar-refractivity contribution in [2.45, 2.75) is 6.54 Å². The average molecular weight is 357 g/mol. The molecule has 2 aromatic carbocycles. The Balaban J connectivity index is 1.94. The maximum absolute atomic E-state index is 13.8. The third kappa shape index (κ3) is 3.23. The standard InChI is InChI=1S/C18H16FN3O2S/c1-21(10-12-5-3-4-6-14(12)19)16(23)11-7-8-13-15(9-11)20-18(25)22(2)17(13)24/h3-9H,10H2,1-2H3,(H,20,25). The highest BCUT2D eigenvalue weighted by molar-refractivity contribution is 7.71. The summed E-state index contributed by atoms with van der Waals surface area (Å²) in [4.78, 5) is 29.2. The zero-order valence-corrected chi connectivity index (χ0v) is 14.6. The Hall–Kier alpha value is -2.80. The van der Waals surface area contributed by atoms with Crippen molar-refractivity contribution in [2.75, 3.05) is 7.05 Å². The zero-order chi connectivity index (χ0) is 18.1. The molecule has 7 heteroatoms. The maximum atomic E-state index is 13.8. The fourth-order valence-electron chi connectivity index (χ4n) is 2.61. The zero-order valence-electron chi connectivity index (χ0n) is 13.7. The van der Waals surface area contributed by atoms with Crippen LogP contribution < -0.4 is 5.56 Å². The van der Waals surface area contributed by atoms with Crippen LogP contribution in [-0.4, -0.2) is 27.4 Å². The summed E-state index contributed by atoms with van der Waals surface area (Å²) < 4.78 is 15.4. The van der Waals surface area contributed by atoms with Gasteiger partial charge in [-0.05, 0) is 36.5 Å². The van der Waals surface area contributed by atoms with E-state index in [9.17, 15) is 14.0 Å². The van der Waals surface area contributed by atoms with Gasteiger partial charge in [0.1, 0.15) is 5.82 Å². The van der Waals surface area contributed by atoms with Crippen LogP contribution in [-0.2, 0) is 13.6 Å². The van der Waals surface area contributed by atoms with Gasteiger partial charge < -0.3 is 9.88 Å². The summed E-state index contributed by atoms with van der Waals surface area (Å²) in [6.45, 7) is 0.149. The van der Waals surface area contributed by atoms with E-state index in [1.165, 1.54) is 15.5 Å². The molecule has 1 heterocycles. The Labute approximate surface area is 148 Å². The topological polar surface area (TPSA) is 58.1 Å². The van der Waals surface area contributed by atoms with Crippen molar-refractivity contribution in [1.29, 1.82) is 0 Å². The van der Waals surface area contributed by atoms with Crippen LogP contribution in [0.2, 0.25) is 0 Å². The van der Waals surface area contributed by atoms with E-state index in [0.29, 0.717) is 22.0 Å². The van der Waals surface area contributed by atoms with Gasteiger partial charge in [-0.1, -0.05) is 18.2 Å². The number of halogens is 1. The van der Waals surface area contributed by atoms with Crippen LogP contribution in [0, 0.1) is 10.6 Å². The van der Waals surface area contributed by atoms with Crippen molar-refractivity contribution >= 4 is 29.0 Å². The highest BCUT2D eigenvalue weighted by atomic mass is 32.1. The molecule has 0 fully saturated rings. The van der Waals surface area contributed by atoms with Crippen molar-refractivity contribution in [3.05, 3.63) is 74.5 Å². The van der Waals surface area contributed by atoms with Crippen LogP contribution in [0.1, 0.15) is 15.9 Å². The lowest BCUT2D eigenvalue weighted by molar-refractivity contribution is 0.0784. The van der Waals surface area contributed by atoms with Gasteiger partial charge in [-0.2, -0.15) is 0 Å². The second kappa shape index (κ2) is 6.60. The highest BCUT2D eigenvalue weighted by Crippen LogP contribution is 2.15. The highest BCUT2D eigenvalue weighted by Gasteiger charge is 2.15. The summed E-state index contributed by atoms with van der Waals surface area (Å²) in [6.07, 6.45) is 0. The average Bonchev–Trinajstić information content (AvgIpc) is 2.60. The van der Waals surface area contributed by atoms with E-state index in [2.05, 4.69) is 4.98 Å². The molecule has 0 radical (unpaired) electrons. The summed E-state index contributed by atoms with van der Waals surface area (Å²) >= 11 is 5.10. The number of fused-ring (bicyclic) bond motifs is 1. The lowest BCUT2D eigenvalue weighted by Gasteiger charge is -2.18. The predicted molar refractivity (Wildman–Crippen MR) is 96.6 cm³/mol. The molecule has 0 bridgehead atoms. The van der Waals surface area contributed by atoms with Crippen molar-refractivity contribution in [1.82, 2.24) is 14.5 Å². The van der Waals surface area contributed by atoms with E-state index in [1.807, 2.05) is 0 Å². The molecule has 3 aromatic rings. The third-order valence-corrected chi connectivity index (χ3v) is 4.44. The Morgan fingerprint density at radius 1 is 1.28 bits per heavy atom. The minimum atomic E-state index is -0.353. The molecule has 1 aromatic heterocycles. The number of H-pyrrole nitrogens is 1. The number of hydrogen-bond donors (Lipinski definition) is 1. The number of nitrogens with zero attached hydrogens (tertiary/aromatic N) is 2. The molecule has 0 aliphatic carbocycles. The summed E-state index contributed by atoms with van der Waals surface area (Å²) in [6, 6.07) is 11.1. The van der Waals surface area contributed by atoms with E-state index < -0.39 is 0 Å². The van der Waals surface area contributed by atoms with Crippen LogP contribution >= 0.6 is 12.2 Å². The van der Waals surface area contributed by atoms with E-state index in [-0.39, 0.29) is 28.6 Å². The van der Waals surface area contributed by atoms with Gasteiger partial charge in [0.2, 0.25) is 0 Å². The van der Waals surface area contributed by atoms with Gasteiger partial charge >= 0.3 is 0 Å². The smallest absolute Gasteiger partial charge is 0.261 e. The number of aromatic nitrogens is 2. The maximum Gasteiger partial charge on any atom is 0.261 e. The Morgan fingerprint density at radius 2 is 2.00 bits per heavy atom. The van der Waals surface area contributed by atoms with Gasteiger partial charge in [-0.3, -0.25) is 14.2 Å². The molecule has 25 heavy (non-hydrogen) atoms. The van der Waals surface area contributed by atoms with Crippen molar-refractivity contribution in [2.24, 2.45) is 7.05 Å². The summed E-state index contributed by atoms with van der Waals surface area (Å²) in [5, 5.41) is 0.449. The molecule has 0 aliphatic rings. The van der Waals surface area contributed by atoms with Crippen LogP contribution in [0.4, 0.5) is 4.39 Å². The first-order chi connectivity index (χ1) is 11.9. The van der Waals surface area contributed by atoms with Gasteiger partial charge in [0.25, 0.3) is 11.5 Å². The lowest BCUT2D eigenvalue weighted by atomic mass is 10.1. The first-order valence-electron chi connectivity index (χ1n) is 7.60. The summed E-state index contributed by atoms with van der Waals surface area (Å²) in [5.41, 5.74) is 1.10. The number of rotatable bonds is 3. The second-order valence-electron chi connectivity index (χ2n) is 5.81. The van der Waals surface area contributed by atoms with Gasteiger partial charge in [0.05, 0.1) is 10.9 Å². The number of carbonyl (C=O) groups is 1. The van der Waals surface area contributed by atoms with Crippen LogP contribution in [0.3, 0.4) is 0 Å². The number of benzene rings is 2. The van der Waals surface area contributed by atoms with E-state index in [4.69, 9.17) is 12.2 Å². The predicted octanol–water partition coefficient (Wildman–Crippen LogP) is 3.01. The minimum absolute atomic E-state index is 0.149. The van der Waals surface area contributed by atoms with Crippen LogP contribution in [0.5, 0.6) is 0 Å². The quantitative estimate of drug-likeness (QED) is 0.733. The van der Waals surface area contributed by atoms with Crippen LogP contribution in [0.25, 0.3) is 10.9 Å². The second-order valence-corrected chi connectivity index (χ2v) is 6.19. The molecule has 0 spiro atoms. The first kappa shape index (κ1) is 17.0. The minimum Gasteiger partial charge on any atom is -0.337 e. The van der Waals surface area contributed by atoms with E-state index in [1.54, 1.807) is 50.5 Å². The number of carbonyl (C=O) groups excluding carboxylic acids is 1. The molecule has 1 amide bonds. The molecule has 0 saturated carbocycles. The van der Waals surface area contributed by atoms with Gasteiger partial charge in [0.15, 0.2) is 4.77 Å². The number of amides is 1. The van der Waals surface area contributed by atoms with Crippen molar-refractivity contribution in [3.8, 4) is 0 Å². The molecule has 128 valence electrons. The van der Waals surface area contributed by atoms with Crippen LogP contribution in [0.15, 0.2) is 47.3 Å². The molecular weight excluding hydrogens is 341 g/mol. The first-order valence-corrected chi connectivity index (χ1v) is 8.01. The SMILES string of the molecule is CN(Cc1ccccc1F)C(=O)c1ccc2c(=O)n(C)c(=S)[nH]c2c1. The molecule has 1 N–H and O–H groups in total. The molecule has 0 aliphatic heterocycles. The van der Waals surface area contributed by atoms with Crippen molar-refractivity contribution < 1.29 is 9.18 Å². The molecule has 3 rings (SSSR count). The number of hydrogen-bond acceptors (Lipinski definition) is 3. The van der Waals surface area contributed by atoms with E-state index in [0.717, 1.165) is 0 Å². The molecule has 0 unspecified atom stereocenters. The van der Waals surface area contributed by atoms with Gasteiger partial charge in [-0.25, -0.2) is 4.39 Å². The third-order valence-electron chi connectivity index (χ3n) is 4.06. The van der Waals surface area contributed by atoms with E-state index >= 15 is 0 Å². The number of nitrogens with one attached hydrogen (secondary N) is 1. The Kier molecular flexibility index (Phi) is 4.50. The molecule has 0 atom stereocenters. The van der Waals surface area contributed by atoms with Crippen molar-refractivity contribution in [3.63, 3.8) is 0 Å². The Morgan fingerprint density at radius 3 is 2.72 bits per heavy atom. The normalized spacial score (nSPS) is 10.8. The molecule has 5 nitrogen and oxygen atoms in total. The molecular formula is C18H16FN3O2S. The largest absolute Gasteiger partial charge is 0.337 e. The fraction of sp³-hybridized carbons (Fsp3) is 0.167. The van der Waals surface area contributed by atoms with Gasteiger partial charge in [-0.15, -0.1) is 0 Å². The van der Waals surface area contributed by atoms with Gasteiger partial charge in [0, 0.05) is 31.8 Å². The molecule has 0 saturated heterocycles. The fourth-order valence-corrected chi connectivity index (χ4v) is 2.81. The monoisotopic (exact) mass is 357 g/mol. The Bertz CT molecular complexity index is 1090. The number of aromatic amines is 1. The lowest BCUT2D eigenvalue weighted by Crippen LogP contribution is -2.27.